The van der Waals surface area contributed by atoms with Crippen molar-refractivity contribution in [3.05, 3.63) is 35.4 Å². The van der Waals surface area contributed by atoms with Crippen molar-refractivity contribution in [3.63, 3.8) is 0 Å². The van der Waals surface area contributed by atoms with Crippen LogP contribution in [0, 0.1) is 6.92 Å². The van der Waals surface area contributed by atoms with Gasteiger partial charge in [0.25, 0.3) is 0 Å². The Kier molecular flexibility index (Phi) is 5.41. The zero-order valence-electron chi connectivity index (χ0n) is 12.7. The van der Waals surface area contributed by atoms with E-state index in [1.54, 1.807) is 0 Å². The summed E-state index contributed by atoms with van der Waals surface area (Å²) in [5.74, 6) is 0. The molecule has 0 radical (unpaired) electrons. The van der Waals surface area contributed by atoms with Gasteiger partial charge in [-0.2, -0.15) is 0 Å². The predicted octanol–water partition coefficient (Wildman–Crippen LogP) is 3.52. The van der Waals surface area contributed by atoms with Gasteiger partial charge in [-0.05, 0) is 39.3 Å². The van der Waals surface area contributed by atoms with Gasteiger partial charge in [-0.3, -0.25) is 0 Å². The standard InChI is InChI=1S/C17H28N2/c1-14-8-10-16(11-9-14)15(2)18-12-13-19(3)17-6-4-5-7-17/h8-11,15,17-18H,4-7,12-13H2,1-3H3. The lowest BCUT2D eigenvalue weighted by Gasteiger charge is -2.25. The van der Waals surface area contributed by atoms with Crippen LogP contribution in [0.3, 0.4) is 0 Å². The molecule has 0 heterocycles. The first-order valence-corrected chi connectivity index (χ1v) is 7.67. The van der Waals surface area contributed by atoms with Gasteiger partial charge in [-0.25, -0.2) is 0 Å². The monoisotopic (exact) mass is 260 g/mol. The number of rotatable bonds is 6. The van der Waals surface area contributed by atoms with E-state index in [0.717, 1.165) is 19.1 Å². The molecule has 0 bridgehead atoms. The Hall–Kier alpha value is -0.860. The number of likely N-dealkylation sites (N-methyl/N-ethyl adjacent to an activating group) is 1. The fourth-order valence-corrected chi connectivity index (χ4v) is 2.96. The maximum absolute atomic E-state index is 3.63. The van der Waals surface area contributed by atoms with Crippen molar-refractivity contribution in [1.29, 1.82) is 0 Å². The zero-order valence-corrected chi connectivity index (χ0v) is 12.7. The largest absolute Gasteiger partial charge is 0.309 e. The summed E-state index contributed by atoms with van der Waals surface area (Å²) in [5, 5.41) is 3.63. The van der Waals surface area contributed by atoms with E-state index in [4.69, 9.17) is 0 Å². The molecule has 0 saturated heterocycles. The molecule has 1 unspecified atom stereocenters. The van der Waals surface area contributed by atoms with Crippen molar-refractivity contribution in [2.24, 2.45) is 0 Å². The topological polar surface area (TPSA) is 15.3 Å². The van der Waals surface area contributed by atoms with Gasteiger partial charge >= 0.3 is 0 Å². The summed E-state index contributed by atoms with van der Waals surface area (Å²) in [6.45, 7) is 6.61. The van der Waals surface area contributed by atoms with Crippen molar-refractivity contribution < 1.29 is 0 Å². The van der Waals surface area contributed by atoms with Crippen molar-refractivity contribution in [1.82, 2.24) is 10.2 Å². The molecule has 1 atom stereocenters. The Morgan fingerprint density at radius 1 is 1.21 bits per heavy atom. The summed E-state index contributed by atoms with van der Waals surface area (Å²) in [6, 6.07) is 10.1. The molecule has 1 fully saturated rings. The molecule has 0 aliphatic heterocycles. The first-order chi connectivity index (χ1) is 9.16. The molecule has 0 spiro atoms. The molecule has 19 heavy (non-hydrogen) atoms. The Morgan fingerprint density at radius 2 is 1.84 bits per heavy atom. The van der Waals surface area contributed by atoms with Crippen LogP contribution in [-0.2, 0) is 0 Å². The van der Waals surface area contributed by atoms with Crippen molar-refractivity contribution in [2.45, 2.75) is 51.6 Å². The SMILES string of the molecule is Cc1ccc(C(C)NCCN(C)C2CCCC2)cc1. The molecule has 1 saturated carbocycles. The highest BCUT2D eigenvalue weighted by Gasteiger charge is 2.18. The molecular formula is C17H28N2. The Balaban J connectivity index is 1.71. The molecule has 1 aliphatic rings. The Labute approximate surface area is 118 Å². The van der Waals surface area contributed by atoms with Crippen LogP contribution in [0.5, 0.6) is 0 Å². The lowest BCUT2D eigenvalue weighted by molar-refractivity contribution is 0.243. The Morgan fingerprint density at radius 3 is 2.47 bits per heavy atom. The van der Waals surface area contributed by atoms with Crippen molar-refractivity contribution >= 4 is 0 Å². The van der Waals surface area contributed by atoms with Gasteiger partial charge in [0.1, 0.15) is 0 Å². The number of benzene rings is 1. The van der Waals surface area contributed by atoms with Gasteiger partial charge in [-0.1, -0.05) is 42.7 Å². The first kappa shape index (κ1) is 14.5. The van der Waals surface area contributed by atoms with Crippen LogP contribution in [0.4, 0.5) is 0 Å². The van der Waals surface area contributed by atoms with Gasteiger partial charge in [0, 0.05) is 25.2 Å². The molecule has 106 valence electrons. The summed E-state index contributed by atoms with van der Waals surface area (Å²) in [6.07, 6.45) is 5.62. The molecule has 1 aromatic carbocycles. The van der Waals surface area contributed by atoms with Crippen LogP contribution in [0.2, 0.25) is 0 Å². The first-order valence-electron chi connectivity index (χ1n) is 7.67. The van der Waals surface area contributed by atoms with Crippen LogP contribution in [-0.4, -0.2) is 31.1 Å². The molecule has 1 N–H and O–H groups in total. The average molecular weight is 260 g/mol. The second kappa shape index (κ2) is 7.06. The zero-order chi connectivity index (χ0) is 13.7. The predicted molar refractivity (Wildman–Crippen MR) is 82.5 cm³/mol. The average Bonchev–Trinajstić information content (AvgIpc) is 2.93. The van der Waals surface area contributed by atoms with E-state index >= 15 is 0 Å². The van der Waals surface area contributed by atoms with E-state index in [-0.39, 0.29) is 0 Å². The molecule has 1 aromatic rings. The van der Waals surface area contributed by atoms with Gasteiger partial charge < -0.3 is 10.2 Å². The van der Waals surface area contributed by atoms with Gasteiger partial charge in [-0.15, -0.1) is 0 Å². The summed E-state index contributed by atoms with van der Waals surface area (Å²) in [7, 11) is 2.27. The number of nitrogens with zero attached hydrogens (tertiary/aromatic N) is 1. The van der Waals surface area contributed by atoms with Crippen molar-refractivity contribution in [2.75, 3.05) is 20.1 Å². The molecule has 2 nitrogen and oxygen atoms in total. The third-order valence-corrected chi connectivity index (χ3v) is 4.44. The highest BCUT2D eigenvalue weighted by molar-refractivity contribution is 5.23. The van der Waals surface area contributed by atoms with Crippen LogP contribution in [0.25, 0.3) is 0 Å². The number of nitrogens with one attached hydrogen (secondary N) is 1. The van der Waals surface area contributed by atoms with E-state index in [1.807, 2.05) is 0 Å². The lowest BCUT2D eigenvalue weighted by atomic mass is 10.1. The van der Waals surface area contributed by atoms with Gasteiger partial charge in [0.05, 0.1) is 0 Å². The summed E-state index contributed by atoms with van der Waals surface area (Å²) >= 11 is 0. The highest BCUT2D eigenvalue weighted by Crippen LogP contribution is 2.22. The number of hydrogen-bond acceptors (Lipinski definition) is 2. The second-order valence-electron chi connectivity index (χ2n) is 6.01. The molecule has 0 amide bonds. The van der Waals surface area contributed by atoms with Gasteiger partial charge in [0.15, 0.2) is 0 Å². The fraction of sp³-hybridized carbons (Fsp3) is 0.647. The van der Waals surface area contributed by atoms with Crippen LogP contribution in [0.15, 0.2) is 24.3 Å². The van der Waals surface area contributed by atoms with Crippen LogP contribution >= 0.6 is 0 Å². The lowest BCUT2D eigenvalue weighted by Crippen LogP contribution is -2.36. The van der Waals surface area contributed by atoms with E-state index in [0.29, 0.717) is 6.04 Å². The Bertz CT molecular complexity index is 365. The van der Waals surface area contributed by atoms with Gasteiger partial charge in [0.2, 0.25) is 0 Å². The number of aryl methyl sites for hydroxylation is 1. The summed E-state index contributed by atoms with van der Waals surface area (Å²) < 4.78 is 0. The smallest absolute Gasteiger partial charge is 0.0292 e. The third kappa shape index (κ3) is 4.32. The fourth-order valence-electron chi connectivity index (χ4n) is 2.96. The maximum atomic E-state index is 3.63. The molecule has 2 heteroatoms. The normalized spacial score (nSPS) is 18.1. The molecule has 1 aliphatic carbocycles. The molecule has 2 rings (SSSR count). The number of hydrogen-bond donors (Lipinski definition) is 1. The highest BCUT2D eigenvalue weighted by atomic mass is 15.1. The molecular weight excluding hydrogens is 232 g/mol. The van der Waals surface area contributed by atoms with Crippen LogP contribution in [0.1, 0.15) is 49.8 Å². The van der Waals surface area contributed by atoms with E-state index in [2.05, 4.69) is 55.4 Å². The van der Waals surface area contributed by atoms with E-state index in [9.17, 15) is 0 Å². The van der Waals surface area contributed by atoms with Crippen molar-refractivity contribution in [3.8, 4) is 0 Å². The van der Waals surface area contributed by atoms with Crippen LogP contribution < -0.4 is 5.32 Å². The minimum Gasteiger partial charge on any atom is -0.309 e. The maximum Gasteiger partial charge on any atom is 0.0292 e. The second-order valence-corrected chi connectivity index (χ2v) is 6.01. The minimum absolute atomic E-state index is 0.442. The quantitative estimate of drug-likeness (QED) is 0.842. The molecule has 0 aromatic heterocycles. The van der Waals surface area contributed by atoms with E-state index in [1.165, 1.54) is 36.8 Å². The summed E-state index contributed by atoms with van der Waals surface area (Å²) in [5.41, 5.74) is 2.71. The minimum atomic E-state index is 0.442. The summed E-state index contributed by atoms with van der Waals surface area (Å²) in [4.78, 5) is 2.53. The third-order valence-electron chi connectivity index (χ3n) is 4.44. The van der Waals surface area contributed by atoms with E-state index < -0.39 is 0 Å².